The second-order valence-electron chi connectivity index (χ2n) is 4.36. The molecule has 4 nitrogen and oxygen atoms in total. The van der Waals surface area contributed by atoms with E-state index in [1.54, 1.807) is 0 Å². The van der Waals surface area contributed by atoms with E-state index in [4.69, 9.17) is 5.73 Å². The Morgan fingerprint density at radius 3 is 2.76 bits per heavy atom. The summed E-state index contributed by atoms with van der Waals surface area (Å²) in [5.41, 5.74) is 8.81. The molecule has 0 saturated carbocycles. The molecule has 0 unspecified atom stereocenters. The number of benzene rings is 1. The monoisotopic (exact) mass is 230 g/mol. The molecule has 0 fully saturated rings. The van der Waals surface area contributed by atoms with Gasteiger partial charge in [-0.2, -0.15) is 5.10 Å². The molecule has 2 aromatic rings. The highest BCUT2D eigenvalue weighted by atomic mass is 15.3. The van der Waals surface area contributed by atoms with E-state index in [9.17, 15) is 0 Å². The fourth-order valence-electron chi connectivity index (χ4n) is 1.60. The van der Waals surface area contributed by atoms with E-state index in [1.165, 1.54) is 0 Å². The molecule has 3 N–H and O–H groups in total. The molecule has 1 aromatic carbocycles. The minimum absolute atomic E-state index is 0.382. The van der Waals surface area contributed by atoms with Gasteiger partial charge in [-0.1, -0.05) is 18.2 Å². The smallest absolute Gasteiger partial charge is 0.0729 e. The van der Waals surface area contributed by atoms with Crippen LogP contribution < -0.4 is 11.1 Å². The largest absolute Gasteiger partial charge is 0.398 e. The van der Waals surface area contributed by atoms with E-state index in [1.807, 2.05) is 41.3 Å². The van der Waals surface area contributed by atoms with Crippen LogP contribution in [0.2, 0.25) is 0 Å². The number of para-hydroxylation sites is 1. The van der Waals surface area contributed by atoms with E-state index in [0.717, 1.165) is 23.5 Å². The van der Waals surface area contributed by atoms with Crippen molar-refractivity contribution in [3.63, 3.8) is 0 Å². The SMILES string of the molecule is CC(C)n1cc(NCc2ccccc2N)cn1. The quantitative estimate of drug-likeness (QED) is 0.794. The Labute approximate surface area is 101 Å². The first-order chi connectivity index (χ1) is 8.16. The molecule has 1 aromatic heterocycles. The molecule has 0 aliphatic carbocycles. The van der Waals surface area contributed by atoms with E-state index in [-0.39, 0.29) is 0 Å². The molecular weight excluding hydrogens is 212 g/mol. The molecule has 0 spiro atoms. The van der Waals surface area contributed by atoms with Crippen molar-refractivity contribution in [1.82, 2.24) is 9.78 Å². The number of nitrogens with two attached hydrogens (primary N) is 1. The predicted molar refractivity (Wildman–Crippen MR) is 70.8 cm³/mol. The topological polar surface area (TPSA) is 55.9 Å². The van der Waals surface area contributed by atoms with Crippen LogP contribution in [0.5, 0.6) is 0 Å². The number of nitrogens with one attached hydrogen (secondary N) is 1. The van der Waals surface area contributed by atoms with E-state index in [2.05, 4.69) is 24.3 Å². The van der Waals surface area contributed by atoms with Crippen LogP contribution in [0.25, 0.3) is 0 Å². The van der Waals surface area contributed by atoms with E-state index < -0.39 is 0 Å². The number of nitrogen functional groups attached to an aromatic ring is 1. The molecule has 0 saturated heterocycles. The molecule has 0 amide bonds. The molecule has 0 radical (unpaired) electrons. The average Bonchev–Trinajstić information content (AvgIpc) is 2.77. The lowest BCUT2D eigenvalue weighted by Crippen LogP contribution is -2.02. The maximum atomic E-state index is 5.88. The normalized spacial score (nSPS) is 10.8. The summed E-state index contributed by atoms with van der Waals surface area (Å²) in [5.74, 6) is 0. The maximum absolute atomic E-state index is 5.88. The highest BCUT2D eigenvalue weighted by molar-refractivity contribution is 5.49. The van der Waals surface area contributed by atoms with Gasteiger partial charge in [0.1, 0.15) is 0 Å². The van der Waals surface area contributed by atoms with Crippen LogP contribution in [0, 0.1) is 0 Å². The number of aromatic nitrogens is 2. The van der Waals surface area contributed by atoms with E-state index in [0.29, 0.717) is 6.04 Å². The van der Waals surface area contributed by atoms with Gasteiger partial charge in [-0.15, -0.1) is 0 Å². The zero-order chi connectivity index (χ0) is 12.3. The molecule has 17 heavy (non-hydrogen) atoms. The number of rotatable bonds is 4. The number of hydrogen-bond acceptors (Lipinski definition) is 3. The second-order valence-corrected chi connectivity index (χ2v) is 4.36. The third kappa shape index (κ3) is 2.78. The van der Waals surface area contributed by atoms with Gasteiger partial charge in [0.05, 0.1) is 11.9 Å². The fraction of sp³-hybridized carbons (Fsp3) is 0.308. The zero-order valence-corrected chi connectivity index (χ0v) is 10.2. The van der Waals surface area contributed by atoms with Gasteiger partial charge in [-0.25, -0.2) is 0 Å². The van der Waals surface area contributed by atoms with Gasteiger partial charge in [-0.3, -0.25) is 4.68 Å². The predicted octanol–water partition coefficient (Wildman–Crippen LogP) is 2.66. The lowest BCUT2D eigenvalue weighted by molar-refractivity contribution is 0.532. The van der Waals surface area contributed by atoms with Crippen molar-refractivity contribution in [3.05, 3.63) is 42.2 Å². The lowest BCUT2D eigenvalue weighted by Gasteiger charge is -2.07. The average molecular weight is 230 g/mol. The third-order valence-corrected chi connectivity index (χ3v) is 2.67. The minimum atomic E-state index is 0.382. The molecule has 0 atom stereocenters. The number of nitrogens with zero attached hydrogens (tertiary/aromatic N) is 2. The Bertz CT molecular complexity index is 488. The van der Waals surface area contributed by atoms with Crippen LogP contribution >= 0.6 is 0 Å². The molecule has 90 valence electrons. The van der Waals surface area contributed by atoms with E-state index >= 15 is 0 Å². The van der Waals surface area contributed by atoms with Crippen molar-refractivity contribution in [3.8, 4) is 0 Å². The third-order valence-electron chi connectivity index (χ3n) is 2.67. The van der Waals surface area contributed by atoms with Crippen molar-refractivity contribution in [2.24, 2.45) is 0 Å². The molecule has 4 heteroatoms. The van der Waals surface area contributed by atoms with Gasteiger partial charge in [0, 0.05) is 24.5 Å². The van der Waals surface area contributed by atoms with Gasteiger partial charge in [0.15, 0.2) is 0 Å². The van der Waals surface area contributed by atoms with Gasteiger partial charge >= 0.3 is 0 Å². The Morgan fingerprint density at radius 2 is 2.12 bits per heavy atom. The van der Waals surface area contributed by atoms with Crippen LogP contribution in [0.1, 0.15) is 25.5 Å². The summed E-state index contributed by atoms with van der Waals surface area (Å²) < 4.78 is 1.93. The van der Waals surface area contributed by atoms with Crippen LogP contribution in [0.3, 0.4) is 0 Å². The first kappa shape index (κ1) is 11.5. The maximum Gasteiger partial charge on any atom is 0.0729 e. The first-order valence-corrected chi connectivity index (χ1v) is 5.78. The lowest BCUT2D eigenvalue weighted by atomic mass is 10.2. The number of hydrogen-bond donors (Lipinski definition) is 2. The molecule has 0 aliphatic rings. The van der Waals surface area contributed by atoms with Gasteiger partial charge in [0.2, 0.25) is 0 Å². The molecular formula is C13H18N4. The zero-order valence-electron chi connectivity index (χ0n) is 10.2. The first-order valence-electron chi connectivity index (χ1n) is 5.78. The van der Waals surface area contributed by atoms with Gasteiger partial charge in [-0.05, 0) is 25.5 Å². The van der Waals surface area contributed by atoms with Crippen LogP contribution in [-0.2, 0) is 6.54 Å². The summed E-state index contributed by atoms with van der Waals surface area (Å²) >= 11 is 0. The second kappa shape index (κ2) is 4.91. The number of anilines is 2. The Hall–Kier alpha value is -1.97. The summed E-state index contributed by atoms with van der Waals surface area (Å²) in [6.07, 6.45) is 3.84. The standard InChI is InChI=1S/C13H18N4/c1-10(2)17-9-12(8-16-17)15-7-11-5-3-4-6-13(11)14/h3-6,8-10,15H,7,14H2,1-2H3. The summed E-state index contributed by atoms with van der Waals surface area (Å²) in [5, 5.41) is 7.59. The van der Waals surface area contributed by atoms with Crippen LogP contribution in [-0.4, -0.2) is 9.78 Å². The van der Waals surface area contributed by atoms with Crippen LogP contribution in [0.4, 0.5) is 11.4 Å². The summed E-state index contributed by atoms with van der Waals surface area (Å²) in [7, 11) is 0. The summed E-state index contributed by atoms with van der Waals surface area (Å²) in [4.78, 5) is 0. The van der Waals surface area contributed by atoms with Crippen molar-refractivity contribution in [2.45, 2.75) is 26.4 Å². The molecule has 0 aliphatic heterocycles. The van der Waals surface area contributed by atoms with Gasteiger partial charge < -0.3 is 11.1 Å². The Morgan fingerprint density at radius 1 is 1.35 bits per heavy atom. The Kier molecular flexibility index (Phi) is 3.32. The highest BCUT2D eigenvalue weighted by Gasteiger charge is 2.02. The van der Waals surface area contributed by atoms with Crippen LogP contribution in [0.15, 0.2) is 36.7 Å². The van der Waals surface area contributed by atoms with Crippen molar-refractivity contribution in [2.75, 3.05) is 11.1 Å². The summed E-state index contributed by atoms with van der Waals surface area (Å²) in [6, 6.07) is 8.25. The van der Waals surface area contributed by atoms with Crippen molar-refractivity contribution in [1.29, 1.82) is 0 Å². The fourth-order valence-corrected chi connectivity index (χ4v) is 1.60. The van der Waals surface area contributed by atoms with Gasteiger partial charge in [0.25, 0.3) is 0 Å². The summed E-state index contributed by atoms with van der Waals surface area (Å²) in [6.45, 7) is 4.92. The molecule has 0 bridgehead atoms. The molecule has 1 heterocycles. The highest BCUT2D eigenvalue weighted by Crippen LogP contribution is 2.14. The van der Waals surface area contributed by atoms with Crippen molar-refractivity contribution < 1.29 is 0 Å². The Balaban J connectivity index is 2.00. The van der Waals surface area contributed by atoms with Crippen molar-refractivity contribution >= 4 is 11.4 Å². The minimum Gasteiger partial charge on any atom is -0.398 e. The molecule has 2 rings (SSSR count).